The second-order valence-electron chi connectivity index (χ2n) is 3.84. The fraction of sp³-hybridized carbons (Fsp3) is 0.125. The fourth-order valence-corrected chi connectivity index (χ4v) is 1.76. The number of allylic oxidation sites excluding steroid dienone is 2. The first-order valence-corrected chi connectivity index (χ1v) is 5.65. The lowest BCUT2D eigenvalue weighted by atomic mass is 10.0. The van der Waals surface area contributed by atoms with E-state index in [1.54, 1.807) is 0 Å². The molecular formula is C16H16. The van der Waals surface area contributed by atoms with Crippen molar-refractivity contribution < 1.29 is 0 Å². The van der Waals surface area contributed by atoms with Crippen molar-refractivity contribution in [2.75, 3.05) is 0 Å². The minimum atomic E-state index is 1.01. The Morgan fingerprint density at radius 1 is 0.875 bits per heavy atom. The van der Waals surface area contributed by atoms with Gasteiger partial charge < -0.3 is 0 Å². The molecule has 0 unspecified atom stereocenters. The van der Waals surface area contributed by atoms with Crippen LogP contribution in [0.2, 0.25) is 0 Å². The van der Waals surface area contributed by atoms with Crippen molar-refractivity contribution in [2.45, 2.75) is 13.3 Å². The molecule has 0 amide bonds. The topological polar surface area (TPSA) is 0 Å². The molecule has 0 N–H and O–H groups in total. The molecule has 2 aromatic carbocycles. The lowest BCUT2D eigenvalue weighted by Gasteiger charge is -2.03. The quantitative estimate of drug-likeness (QED) is 0.653. The highest BCUT2D eigenvalue weighted by Crippen LogP contribution is 2.20. The van der Waals surface area contributed by atoms with Crippen molar-refractivity contribution in [1.29, 1.82) is 0 Å². The Bertz CT molecular complexity index is 466. The van der Waals surface area contributed by atoms with Crippen LogP contribution >= 0.6 is 0 Å². The third kappa shape index (κ3) is 2.60. The Labute approximate surface area is 97.3 Å². The van der Waals surface area contributed by atoms with Crippen LogP contribution in [-0.2, 0) is 6.42 Å². The van der Waals surface area contributed by atoms with E-state index in [-0.39, 0.29) is 0 Å². The van der Waals surface area contributed by atoms with E-state index in [2.05, 4.69) is 67.6 Å². The molecule has 0 heterocycles. The lowest BCUT2D eigenvalue weighted by Crippen LogP contribution is -1.83. The van der Waals surface area contributed by atoms with Gasteiger partial charge in [0.15, 0.2) is 0 Å². The minimum Gasteiger partial charge on any atom is -0.0913 e. The summed E-state index contributed by atoms with van der Waals surface area (Å²) in [6.45, 7) is 2.06. The van der Waals surface area contributed by atoms with Crippen molar-refractivity contribution in [3.05, 3.63) is 72.3 Å². The molecule has 0 saturated carbocycles. The van der Waals surface area contributed by atoms with Crippen LogP contribution in [0.15, 0.2) is 66.7 Å². The van der Waals surface area contributed by atoms with Crippen LogP contribution in [0, 0.1) is 0 Å². The van der Waals surface area contributed by atoms with Gasteiger partial charge in [-0.25, -0.2) is 0 Å². The summed E-state index contributed by atoms with van der Waals surface area (Å²) in [5.74, 6) is 0. The Morgan fingerprint density at radius 2 is 1.62 bits per heavy atom. The molecule has 0 fully saturated rings. The van der Waals surface area contributed by atoms with E-state index in [0.29, 0.717) is 0 Å². The standard InChI is InChI=1S/C16H16/c1-2-3-8-14-9-7-12-16(13-14)15-10-5-4-6-11-15/h2-7,9-13H,8H2,1H3. The van der Waals surface area contributed by atoms with Crippen molar-refractivity contribution in [3.8, 4) is 11.1 Å². The third-order valence-corrected chi connectivity index (χ3v) is 2.62. The maximum absolute atomic E-state index is 2.26. The van der Waals surface area contributed by atoms with Crippen LogP contribution in [0.1, 0.15) is 12.5 Å². The Morgan fingerprint density at radius 3 is 2.38 bits per heavy atom. The maximum atomic E-state index is 2.26. The molecule has 0 saturated heterocycles. The minimum absolute atomic E-state index is 1.01. The Balaban J connectivity index is 2.29. The first-order valence-electron chi connectivity index (χ1n) is 5.65. The average Bonchev–Trinajstić information content (AvgIpc) is 2.38. The number of hydrogen-bond donors (Lipinski definition) is 0. The first kappa shape index (κ1) is 10.7. The van der Waals surface area contributed by atoms with Gasteiger partial charge in [0.05, 0.1) is 0 Å². The van der Waals surface area contributed by atoms with Crippen LogP contribution in [0.5, 0.6) is 0 Å². The predicted molar refractivity (Wildman–Crippen MR) is 70.4 cm³/mol. The summed E-state index contributed by atoms with van der Waals surface area (Å²) in [5.41, 5.74) is 3.94. The molecule has 0 atom stereocenters. The zero-order valence-electron chi connectivity index (χ0n) is 9.56. The molecule has 0 aliphatic rings. The van der Waals surface area contributed by atoms with Crippen molar-refractivity contribution in [2.24, 2.45) is 0 Å². The summed E-state index contributed by atoms with van der Waals surface area (Å²) >= 11 is 0. The van der Waals surface area contributed by atoms with Gasteiger partial charge in [-0.1, -0.05) is 66.7 Å². The molecule has 2 aromatic rings. The maximum Gasteiger partial charge on any atom is -0.00973 e. The van der Waals surface area contributed by atoms with Gasteiger partial charge in [-0.2, -0.15) is 0 Å². The number of hydrogen-bond acceptors (Lipinski definition) is 0. The second kappa shape index (κ2) is 5.32. The zero-order valence-corrected chi connectivity index (χ0v) is 9.56. The van der Waals surface area contributed by atoms with Gasteiger partial charge in [-0.05, 0) is 30.0 Å². The van der Waals surface area contributed by atoms with Crippen LogP contribution in [-0.4, -0.2) is 0 Å². The molecule has 0 aromatic heterocycles. The van der Waals surface area contributed by atoms with Gasteiger partial charge >= 0.3 is 0 Å². The zero-order chi connectivity index (χ0) is 11.2. The molecule has 80 valence electrons. The highest BCUT2D eigenvalue weighted by Gasteiger charge is 1.97. The average molecular weight is 208 g/mol. The van der Waals surface area contributed by atoms with Crippen molar-refractivity contribution in [3.63, 3.8) is 0 Å². The molecule has 0 heteroatoms. The highest BCUT2D eigenvalue weighted by molar-refractivity contribution is 5.63. The van der Waals surface area contributed by atoms with Gasteiger partial charge in [0.2, 0.25) is 0 Å². The second-order valence-corrected chi connectivity index (χ2v) is 3.84. The third-order valence-electron chi connectivity index (χ3n) is 2.62. The van der Waals surface area contributed by atoms with Crippen molar-refractivity contribution >= 4 is 0 Å². The summed E-state index contributed by atoms with van der Waals surface area (Å²) in [5, 5.41) is 0. The molecular weight excluding hydrogens is 192 g/mol. The van der Waals surface area contributed by atoms with Gasteiger partial charge in [0.25, 0.3) is 0 Å². The predicted octanol–water partition coefficient (Wildman–Crippen LogP) is 4.47. The van der Waals surface area contributed by atoms with E-state index in [0.717, 1.165) is 6.42 Å². The van der Waals surface area contributed by atoms with E-state index < -0.39 is 0 Å². The molecule has 0 aliphatic heterocycles. The molecule has 0 spiro atoms. The van der Waals surface area contributed by atoms with Crippen LogP contribution in [0.4, 0.5) is 0 Å². The molecule has 0 radical (unpaired) electrons. The van der Waals surface area contributed by atoms with Crippen LogP contribution < -0.4 is 0 Å². The summed E-state index contributed by atoms with van der Waals surface area (Å²) < 4.78 is 0. The summed E-state index contributed by atoms with van der Waals surface area (Å²) in [6, 6.07) is 19.2. The number of rotatable bonds is 3. The normalized spacial score (nSPS) is 10.8. The molecule has 16 heavy (non-hydrogen) atoms. The molecule has 0 aliphatic carbocycles. The SMILES string of the molecule is CC=CCc1cccc(-c2ccccc2)c1. The summed E-state index contributed by atoms with van der Waals surface area (Å²) in [7, 11) is 0. The highest BCUT2D eigenvalue weighted by atomic mass is 14.0. The summed E-state index contributed by atoms with van der Waals surface area (Å²) in [6.07, 6.45) is 5.29. The van der Waals surface area contributed by atoms with E-state index >= 15 is 0 Å². The fourth-order valence-electron chi connectivity index (χ4n) is 1.76. The smallest absolute Gasteiger partial charge is 0.00973 e. The largest absolute Gasteiger partial charge is 0.0913 e. The van der Waals surface area contributed by atoms with Gasteiger partial charge in [-0.3, -0.25) is 0 Å². The molecule has 0 bridgehead atoms. The molecule has 2 rings (SSSR count). The van der Waals surface area contributed by atoms with Gasteiger partial charge in [0.1, 0.15) is 0 Å². The van der Waals surface area contributed by atoms with Crippen molar-refractivity contribution in [1.82, 2.24) is 0 Å². The van der Waals surface area contributed by atoms with Gasteiger partial charge in [0, 0.05) is 0 Å². The Hall–Kier alpha value is -1.82. The Kier molecular flexibility index (Phi) is 3.55. The van der Waals surface area contributed by atoms with E-state index in [1.807, 2.05) is 6.07 Å². The monoisotopic (exact) mass is 208 g/mol. The van der Waals surface area contributed by atoms with Crippen LogP contribution in [0.25, 0.3) is 11.1 Å². The van der Waals surface area contributed by atoms with E-state index in [1.165, 1.54) is 16.7 Å². The van der Waals surface area contributed by atoms with E-state index in [4.69, 9.17) is 0 Å². The summed E-state index contributed by atoms with van der Waals surface area (Å²) in [4.78, 5) is 0. The van der Waals surface area contributed by atoms with Crippen LogP contribution in [0.3, 0.4) is 0 Å². The van der Waals surface area contributed by atoms with E-state index in [9.17, 15) is 0 Å². The lowest BCUT2D eigenvalue weighted by molar-refractivity contribution is 1.26. The molecule has 0 nitrogen and oxygen atoms in total. The number of benzene rings is 2. The first-order chi connectivity index (χ1) is 7.90. The van der Waals surface area contributed by atoms with Gasteiger partial charge in [-0.15, -0.1) is 0 Å².